The molecule has 2 aromatic rings. The predicted molar refractivity (Wildman–Crippen MR) is 95.8 cm³/mol. The molecule has 0 spiro atoms. The first-order chi connectivity index (χ1) is 13.2. The van der Waals surface area contributed by atoms with Gasteiger partial charge in [0, 0.05) is 18.7 Å². The zero-order valence-electron chi connectivity index (χ0n) is 14.9. The number of likely N-dealkylation sites (tertiary alicyclic amines) is 1. The van der Waals surface area contributed by atoms with Crippen LogP contribution in [0.3, 0.4) is 0 Å². The van der Waals surface area contributed by atoms with E-state index in [1.54, 1.807) is 23.1 Å². The number of primary amides is 1. The lowest BCUT2D eigenvalue weighted by atomic mass is 9.97. The third-order valence-electron chi connectivity index (χ3n) is 4.59. The zero-order chi connectivity index (χ0) is 20.3. The van der Waals surface area contributed by atoms with Crippen LogP contribution >= 0.6 is 0 Å². The highest BCUT2D eigenvalue weighted by atomic mass is 19.4. The van der Waals surface area contributed by atoms with E-state index in [-0.39, 0.29) is 29.9 Å². The Bertz CT molecular complexity index is 883. The molecule has 5 nitrogen and oxygen atoms in total. The average molecular weight is 392 g/mol. The van der Waals surface area contributed by atoms with Crippen molar-refractivity contribution in [2.75, 3.05) is 13.1 Å². The van der Waals surface area contributed by atoms with E-state index in [9.17, 15) is 22.8 Å². The summed E-state index contributed by atoms with van der Waals surface area (Å²) >= 11 is 0. The number of amides is 2. The summed E-state index contributed by atoms with van der Waals surface area (Å²) in [6.07, 6.45) is -3.14. The number of benzene rings is 2. The molecule has 28 heavy (non-hydrogen) atoms. The Morgan fingerprint density at radius 3 is 2.43 bits per heavy atom. The van der Waals surface area contributed by atoms with Gasteiger partial charge < -0.3 is 15.4 Å². The maximum atomic E-state index is 12.8. The Kier molecular flexibility index (Phi) is 5.58. The van der Waals surface area contributed by atoms with Crippen LogP contribution in [0, 0.1) is 5.92 Å². The highest BCUT2D eigenvalue weighted by Crippen LogP contribution is 2.33. The molecule has 2 N–H and O–H groups in total. The first-order valence-corrected chi connectivity index (χ1v) is 8.78. The molecule has 148 valence electrons. The van der Waals surface area contributed by atoms with E-state index in [2.05, 4.69) is 0 Å². The molecule has 3 rings (SSSR count). The predicted octanol–water partition coefficient (Wildman–Crippen LogP) is 3.84. The van der Waals surface area contributed by atoms with Crippen LogP contribution in [0.15, 0.2) is 48.5 Å². The standard InChI is InChI=1S/C20H19F3N2O3/c21-20(22,23)15-6-2-8-17(11-15)28-16-7-1-4-13(10-16)19(27)25-9-3-5-14(12-25)18(24)26/h1-2,4,6-8,10-11,14H,3,5,9,12H2,(H2,24,26). The normalized spacial score (nSPS) is 17.2. The molecule has 0 radical (unpaired) electrons. The maximum Gasteiger partial charge on any atom is 0.416 e. The summed E-state index contributed by atoms with van der Waals surface area (Å²) < 4.78 is 44.0. The van der Waals surface area contributed by atoms with Crippen molar-refractivity contribution in [1.82, 2.24) is 4.90 Å². The van der Waals surface area contributed by atoms with Crippen LogP contribution in [-0.2, 0) is 11.0 Å². The fraction of sp³-hybridized carbons (Fsp3) is 0.300. The van der Waals surface area contributed by atoms with E-state index < -0.39 is 17.6 Å². The van der Waals surface area contributed by atoms with Gasteiger partial charge >= 0.3 is 6.18 Å². The molecule has 0 saturated carbocycles. The van der Waals surface area contributed by atoms with E-state index in [0.29, 0.717) is 24.9 Å². The molecule has 2 aromatic carbocycles. The van der Waals surface area contributed by atoms with Crippen molar-refractivity contribution in [3.05, 3.63) is 59.7 Å². The van der Waals surface area contributed by atoms with Crippen molar-refractivity contribution in [2.24, 2.45) is 11.7 Å². The first kappa shape index (κ1) is 19.7. The Balaban J connectivity index is 1.75. The second-order valence-corrected chi connectivity index (χ2v) is 6.65. The summed E-state index contributed by atoms with van der Waals surface area (Å²) in [5.74, 6) is -0.818. The Labute approximate surface area is 159 Å². The molecule has 1 unspecified atom stereocenters. The highest BCUT2D eigenvalue weighted by Gasteiger charge is 2.31. The molecule has 1 aliphatic heterocycles. The monoisotopic (exact) mass is 392 g/mol. The molecule has 1 heterocycles. The molecule has 2 amide bonds. The summed E-state index contributed by atoms with van der Waals surface area (Å²) in [6, 6.07) is 10.7. The summed E-state index contributed by atoms with van der Waals surface area (Å²) in [5, 5.41) is 0. The van der Waals surface area contributed by atoms with Gasteiger partial charge in [0.05, 0.1) is 11.5 Å². The number of carbonyl (C=O) groups is 2. The van der Waals surface area contributed by atoms with Crippen molar-refractivity contribution >= 4 is 11.8 Å². The van der Waals surface area contributed by atoms with Gasteiger partial charge in [0.25, 0.3) is 5.91 Å². The Morgan fingerprint density at radius 1 is 1.07 bits per heavy atom. The second kappa shape index (κ2) is 7.92. The second-order valence-electron chi connectivity index (χ2n) is 6.65. The van der Waals surface area contributed by atoms with E-state index >= 15 is 0 Å². The Morgan fingerprint density at radius 2 is 1.75 bits per heavy atom. The number of alkyl halides is 3. The maximum absolute atomic E-state index is 12.8. The van der Waals surface area contributed by atoms with E-state index in [4.69, 9.17) is 10.5 Å². The van der Waals surface area contributed by atoms with Gasteiger partial charge in [-0.3, -0.25) is 9.59 Å². The SMILES string of the molecule is NC(=O)C1CCCN(C(=O)c2cccc(Oc3cccc(C(F)(F)F)c3)c2)C1. The molecule has 8 heteroatoms. The minimum atomic E-state index is -4.47. The van der Waals surface area contributed by atoms with Crippen LogP contribution < -0.4 is 10.5 Å². The summed E-state index contributed by atoms with van der Waals surface area (Å²) in [7, 11) is 0. The van der Waals surface area contributed by atoms with Crippen molar-refractivity contribution in [2.45, 2.75) is 19.0 Å². The third-order valence-corrected chi connectivity index (χ3v) is 4.59. The summed E-state index contributed by atoms with van der Waals surface area (Å²) in [5.41, 5.74) is 4.86. The van der Waals surface area contributed by atoms with E-state index in [1.165, 1.54) is 18.2 Å². The number of halogens is 3. The lowest BCUT2D eigenvalue weighted by molar-refractivity contribution is -0.137. The fourth-order valence-electron chi connectivity index (χ4n) is 3.14. The van der Waals surface area contributed by atoms with Gasteiger partial charge in [-0.05, 0) is 49.2 Å². The summed E-state index contributed by atoms with van der Waals surface area (Å²) in [6.45, 7) is 0.772. The van der Waals surface area contributed by atoms with Crippen LogP contribution in [-0.4, -0.2) is 29.8 Å². The van der Waals surface area contributed by atoms with Crippen molar-refractivity contribution in [3.8, 4) is 11.5 Å². The number of nitrogens with zero attached hydrogens (tertiary/aromatic N) is 1. The lowest BCUT2D eigenvalue weighted by Crippen LogP contribution is -2.44. The largest absolute Gasteiger partial charge is 0.457 e. The van der Waals surface area contributed by atoms with Gasteiger partial charge in [0.2, 0.25) is 5.91 Å². The van der Waals surface area contributed by atoms with Crippen LogP contribution in [0.4, 0.5) is 13.2 Å². The van der Waals surface area contributed by atoms with Crippen LogP contribution in [0.5, 0.6) is 11.5 Å². The van der Waals surface area contributed by atoms with Gasteiger partial charge in [0.1, 0.15) is 11.5 Å². The molecule has 0 bridgehead atoms. The minimum absolute atomic E-state index is 0.0196. The number of rotatable bonds is 4. The van der Waals surface area contributed by atoms with Gasteiger partial charge in [-0.15, -0.1) is 0 Å². The number of nitrogens with two attached hydrogens (primary N) is 1. The van der Waals surface area contributed by atoms with Gasteiger partial charge in [0.15, 0.2) is 0 Å². The first-order valence-electron chi connectivity index (χ1n) is 8.78. The minimum Gasteiger partial charge on any atom is -0.457 e. The third kappa shape index (κ3) is 4.62. The molecule has 1 fully saturated rings. The molecule has 1 saturated heterocycles. The topological polar surface area (TPSA) is 72.6 Å². The lowest BCUT2D eigenvalue weighted by Gasteiger charge is -2.31. The zero-order valence-corrected chi connectivity index (χ0v) is 14.9. The molecule has 1 atom stereocenters. The van der Waals surface area contributed by atoms with Crippen molar-refractivity contribution < 1.29 is 27.5 Å². The molecule has 1 aliphatic rings. The van der Waals surface area contributed by atoms with Gasteiger partial charge in [-0.1, -0.05) is 12.1 Å². The number of hydrogen-bond donors (Lipinski definition) is 1. The van der Waals surface area contributed by atoms with Crippen LogP contribution in [0.2, 0.25) is 0 Å². The number of ether oxygens (including phenoxy) is 1. The quantitative estimate of drug-likeness (QED) is 0.859. The van der Waals surface area contributed by atoms with Crippen LogP contribution in [0.1, 0.15) is 28.8 Å². The molecule has 0 aromatic heterocycles. The van der Waals surface area contributed by atoms with Crippen LogP contribution in [0.25, 0.3) is 0 Å². The number of carbonyl (C=O) groups excluding carboxylic acids is 2. The van der Waals surface area contributed by atoms with Gasteiger partial charge in [-0.25, -0.2) is 0 Å². The number of piperidine rings is 1. The number of hydrogen-bond acceptors (Lipinski definition) is 3. The Hall–Kier alpha value is -3.03. The smallest absolute Gasteiger partial charge is 0.416 e. The van der Waals surface area contributed by atoms with Gasteiger partial charge in [-0.2, -0.15) is 13.2 Å². The molecule has 0 aliphatic carbocycles. The molecular weight excluding hydrogens is 373 g/mol. The van der Waals surface area contributed by atoms with E-state index in [1.807, 2.05) is 0 Å². The fourth-order valence-corrected chi connectivity index (χ4v) is 3.14. The highest BCUT2D eigenvalue weighted by molar-refractivity contribution is 5.95. The summed E-state index contributed by atoms with van der Waals surface area (Å²) in [4.78, 5) is 25.7. The van der Waals surface area contributed by atoms with Crippen molar-refractivity contribution in [3.63, 3.8) is 0 Å². The van der Waals surface area contributed by atoms with E-state index in [0.717, 1.165) is 12.1 Å². The molecular formula is C20H19F3N2O3. The van der Waals surface area contributed by atoms with Crippen molar-refractivity contribution in [1.29, 1.82) is 0 Å². The average Bonchev–Trinajstić information content (AvgIpc) is 2.67.